The van der Waals surface area contributed by atoms with Crippen molar-refractivity contribution in [3.63, 3.8) is 0 Å². The average molecular weight is 381 g/mol. The SMILES string of the molecule is CC(=O)N1CCC(CCS(N)(=O)=O)C(COc2ccc(C3CC3)cc2)C1. The summed E-state index contributed by atoms with van der Waals surface area (Å²) >= 11 is 0. The summed E-state index contributed by atoms with van der Waals surface area (Å²) in [4.78, 5) is 13.5. The number of piperidine rings is 1. The number of carbonyl (C=O) groups is 1. The molecule has 1 heterocycles. The summed E-state index contributed by atoms with van der Waals surface area (Å²) in [5.41, 5.74) is 1.36. The first kappa shape index (κ1) is 19.2. The minimum absolute atomic E-state index is 0.0235. The lowest BCUT2D eigenvalue weighted by atomic mass is 9.84. The molecule has 2 aliphatic rings. The fourth-order valence-electron chi connectivity index (χ4n) is 3.71. The Bertz CT molecular complexity index is 728. The number of amides is 1. The first-order valence-electron chi connectivity index (χ1n) is 9.30. The van der Waals surface area contributed by atoms with Gasteiger partial charge in [0.2, 0.25) is 15.9 Å². The molecule has 1 aromatic carbocycles. The number of carbonyl (C=O) groups excluding carboxylic acids is 1. The van der Waals surface area contributed by atoms with Crippen molar-refractivity contribution in [2.45, 2.75) is 38.5 Å². The number of nitrogens with zero attached hydrogens (tertiary/aromatic N) is 1. The molecule has 1 aliphatic heterocycles. The summed E-state index contributed by atoms with van der Waals surface area (Å²) in [5.74, 6) is 1.86. The molecule has 1 aromatic rings. The van der Waals surface area contributed by atoms with Gasteiger partial charge in [-0.1, -0.05) is 12.1 Å². The molecule has 0 bridgehead atoms. The van der Waals surface area contributed by atoms with Crippen LogP contribution < -0.4 is 9.88 Å². The van der Waals surface area contributed by atoms with Gasteiger partial charge in [0.15, 0.2) is 0 Å². The second kappa shape index (κ2) is 7.96. The number of benzene rings is 1. The molecular weight excluding hydrogens is 352 g/mol. The topological polar surface area (TPSA) is 89.7 Å². The first-order valence-corrected chi connectivity index (χ1v) is 11.0. The number of hydrogen-bond acceptors (Lipinski definition) is 4. The molecule has 0 aromatic heterocycles. The molecule has 144 valence electrons. The predicted molar refractivity (Wildman–Crippen MR) is 100 cm³/mol. The van der Waals surface area contributed by atoms with E-state index in [2.05, 4.69) is 12.1 Å². The molecule has 3 rings (SSSR count). The summed E-state index contributed by atoms with van der Waals surface area (Å²) in [6.07, 6.45) is 3.84. The Labute approximate surface area is 155 Å². The zero-order valence-corrected chi connectivity index (χ0v) is 16.1. The molecule has 1 amide bonds. The first-order chi connectivity index (χ1) is 12.3. The third-order valence-electron chi connectivity index (χ3n) is 5.50. The van der Waals surface area contributed by atoms with Crippen molar-refractivity contribution in [3.8, 4) is 5.75 Å². The maximum atomic E-state index is 11.7. The van der Waals surface area contributed by atoms with Crippen molar-refractivity contribution in [3.05, 3.63) is 29.8 Å². The van der Waals surface area contributed by atoms with E-state index in [-0.39, 0.29) is 23.5 Å². The minimum Gasteiger partial charge on any atom is -0.493 e. The van der Waals surface area contributed by atoms with Gasteiger partial charge < -0.3 is 9.64 Å². The van der Waals surface area contributed by atoms with Crippen LogP contribution in [0.25, 0.3) is 0 Å². The van der Waals surface area contributed by atoms with Crippen LogP contribution in [-0.4, -0.2) is 44.7 Å². The number of rotatable bonds is 7. The molecule has 1 saturated carbocycles. The van der Waals surface area contributed by atoms with Crippen LogP contribution in [0.4, 0.5) is 0 Å². The lowest BCUT2D eigenvalue weighted by Crippen LogP contribution is -2.45. The highest BCUT2D eigenvalue weighted by molar-refractivity contribution is 7.89. The van der Waals surface area contributed by atoms with Crippen molar-refractivity contribution in [1.82, 2.24) is 4.90 Å². The van der Waals surface area contributed by atoms with Crippen molar-refractivity contribution < 1.29 is 17.9 Å². The van der Waals surface area contributed by atoms with Gasteiger partial charge in [-0.05, 0) is 55.2 Å². The van der Waals surface area contributed by atoms with Crippen LogP contribution in [0.5, 0.6) is 5.75 Å². The van der Waals surface area contributed by atoms with E-state index in [1.807, 2.05) is 17.0 Å². The quantitative estimate of drug-likeness (QED) is 0.784. The molecule has 2 atom stereocenters. The molecule has 2 unspecified atom stereocenters. The highest BCUT2D eigenvalue weighted by Gasteiger charge is 2.31. The maximum Gasteiger partial charge on any atom is 0.219 e. The smallest absolute Gasteiger partial charge is 0.219 e. The Balaban J connectivity index is 1.60. The van der Waals surface area contributed by atoms with E-state index in [0.29, 0.717) is 32.0 Å². The van der Waals surface area contributed by atoms with E-state index in [1.165, 1.54) is 18.4 Å². The van der Waals surface area contributed by atoms with Crippen LogP contribution in [0.1, 0.15) is 44.1 Å². The molecule has 1 saturated heterocycles. The third kappa shape index (κ3) is 5.45. The molecule has 2 N–H and O–H groups in total. The Morgan fingerprint density at radius 2 is 1.88 bits per heavy atom. The normalized spacial score (nSPS) is 23.7. The lowest BCUT2D eigenvalue weighted by Gasteiger charge is -2.38. The van der Waals surface area contributed by atoms with Crippen molar-refractivity contribution in [2.75, 3.05) is 25.4 Å². The summed E-state index contributed by atoms with van der Waals surface area (Å²) in [6, 6.07) is 8.24. The molecule has 6 nitrogen and oxygen atoms in total. The van der Waals surface area contributed by atoms with Gasteiger partial charge in [-0.15, -0.1) is 0 Å². The fourth-order valence-corrected chi connectivity index (χ4v) is 4.34. The molecule has 2 fully saturated rings. The fraction of sp³-hybridized carbons (Fsp3) is 0.632. The number of sulfonamides is 1. The van der Waals surface area contributed by atoms with E-state index in [1.54, 1.807) is 6.92 Å². The summed E-state index contributed by atoms with van der Waals surface area (Å²) in [5, 5.41) is 5.16. The predicted octanol–water partition coefficient (Wildman–Crippen LogP) is 2.11. The second-order valence-corrected chi connectivity index (χ2v) is 9.32. The van der Waals surface area contributed by atoms with Gasteiger partial charge in [0, 0.05) is 25.9 Å². The van der Waals surface area contributed by atoms with Gasteiger partial charge >= 0.3 is 0 Å². The number of ether oxygens (including phenoxy) is 1. The zero-order valence-electron chi connectivity index (χ0n) is 15.3. The molecule has 0 spiro atoms. The number of nitrogens with two attached hydrogens (primary N) is 1. The van der Waals surface area contributed by atoms with E-state index < -0.39 is 10.0 Å². The van der Waals surface area contributed by atoms with Crippen LogP contribution >= 0.6 is 0 Å². The molecule has 0 radical (unpaired) electrons. The Morgan fingerprint density at radius 3 is 2.46 bits per heavy atom. The van der Waals surface area contributed by atoms with Crippen molar-refractivity contribution >= 4 is 15.9 Å². The average Bonchev–Trinajstić information content (AvgIpc) is 3.43. The van der Waals surface area contributed by atoms with Gasteiger partial charge in [0.1, 0.15) is 5.75 Å². The van der Waals surface area contributed by atoms with Gasteiger partial charge in [-0.3, -0.25) is 4.79 Å². The Morgan fingerprint density at radius 1 is 1.19 bits per heavy atom. The van der Waals surface area contributed by atoms with Crippen molar-refractivity contribution in [1.29, 1.82) is 0 Å². The Hall–Kier alpha value is -1.60. The zero-order chi connectivity index (χ0) is 18.7. The third-order valence-corrected chi connectivity index (χ3v) is 6.31. The molecule has 1 aliphatic carbocycles. The van der Waals surface area contributed by atoms with Gasteiger partial charge in [-0.2, -0.15) is 0 Å². The number of hydrogen-bond donors (Lipinski definition) is 1. The summed E-state index contributed by atoms with van der Waals surface area (Å²) < 4.78 is 28.6. The molecule has 7 heteroatoms. The van der Waals surface area contributed by atoms with Crippen molar-refractivity contribution in [2.24, 2.45) is 17.0 Å². The van der Waals surface area contributed by atoms with E-state index in [4.69, 9.17) is 9.88 Å². The molecular formula is C19H28N2O4S. The van der Waals surface area contributed by atoms with Crippen LogP contribution in [0, 0.1) is 11.8 Å². The Kier molecular flexibility index (Phi) is 5.87. The van der Waals surface area contributed by atoms with E-state index >= 15 is 0 Å². The summed E-state index contributed by atoms with van der Waals surface area (Å²) in [7, 11) is -3.47. The van der Waals surface area contributed by atoms with Crippen LogP contribution in [0.3, 0.4) is 0 Å². The lowest BCUT2D eigenvalue weighted by molar-refractivity contribution is -0.131. The largest absolute Gasteiger partial charge is 0.493 e. The standard InChI is InChI=1S/C19H28N2O4S/c1-14(22)21-10-8-17(9-11-26(20,23)24)18(12-21)13-25-19-6-4-16(5-7-19)15-2-3-15/h4-7,15,17-18H,2-3,8-13H2,1H3,(H2,20,23,24). The highest BCUT2D eigenvalue weighted by Crippen LogP contribution is 2.40. The van der Waals surface area contributed by atoms with Gasteiger partial charge in [0.25, 0.3) is 0 Å². The maximum absolute atomic E-state index is 11.7. The van der Waals surface area contributed by atoms with Crippen LogP contribution in [0.2, 0.25) is 0 Å². The number of likely N-dealkylation sites (tertiary alicyclic amines) is 1. The second-order valence-electron chi connectivity index (χ2n) is 7.58. The molecule has 26 heavy (non-hydrogen) atoms. The highest BCUT2D eigenvalue weighted by atomic mass is 32.2. The van der Waals surface area contributed by atoms with Gasteiger partial charge in [0.05, 0.1) is 12.4 Å². The number of primary sulfonamides is 1. The van der Waals surface area contributed by atoms with Crippen LogP contribution in [0.15, 0.2) is 24.3 Å². The monoisotopic (exact) mass is 380 g/mol. The van der Waals surface area contributed by atoms with Gasteiger partial charge in [-0.25, -0.2) is 13.6 Å². The minimum atomic E-state index is -3.47. The van der Waals surface area contributed by atoms with E-state index in [9.17, 15) is 13.2 Å². The van der Waals surface area contributed by atoms with E-state index in [0.717, 1.165) is 12.2 Å². The van der Waals surface area contributed by atoms with Crippen LogP contribution in [-0.2, 0) is 14.8 Å². The summed E-state index contributed by atoms with van der Waals surface area (Å²) in [6.45, 7) is 3.31.